The smallest absolute Gasteiger partial charge is 0.374 e. The van der Waals surface area contributed by atoms with Crippen LogP contribution in [0.2, 0.25) is 0 Å². The predicted octanol–water partition coefficient (Wildman–Crippen LogP) is 4.16. The zero-order valence-electron chi connectivity index (χ0n) is 24.7. The number of benzene rings is 1. The average molecular weight is 631 g/mol. The quantitative estimate of drug-likeness (QED) is 0.195. The maximum absolute atomic E-state index is 14.7. The van der Waals surface area contributed by atoms with E-state index in [1.807, 2.05) is 0 Å². The molecular weight excluding hydrogens is 598 g/mol. The molecule has 1 fully saturated rings. The third kappa shape index (κ3) is 8.55. The van der Waals surface area contributed by atoms with E-state index in [9.17, 15) is 28.0 Å². The topological polar surface area (TPSA) is 152 Å². The second kappa shape index (κ2) is 15.1. The number of nitrogens with zero attached hydrogens (tertiary/aromatic N) is 1. The number of carbonyl (C=O) groups is 4. The minimum atomic E-state index is -1.16. The number of carbonyl (C=O) groups excluding carboxylic acids is 4. The Bertz CT molecular complexity index is 1510. The summed E-state index contributed by atoms with van der Waals surface area (Å²) in [7, 11) is 1.34. The van der Waals surface area contributed by atoms with E-state index in [0.29, 0.717) is 12.8 Å². The minimum Gasteiger partial charge on any atom is -0.493 e. The second-order valence-electron chi connectivity index (χ2n) is 10.2. The number of nitrogens with one attached hydrogen (secondary N) is 1. The number of hydrogen-bond donors (Lipinski definition) is 1. The molecule has 4 rings (SSSR count). The van der Waals surface area contributed by atoms with Gasteiger partial charge in [-0.15, -0.1) is 0 Å². The van der Waals surface area contributed by atoms with Crippen LogP contribution in [0.25, 0.3) is 0 Å². The zero-order valence-corrected chi connectivity index (χ0v) is 24.7. The maximum atomic E-state index is 14.7. The molecule has 1 aliphatic rings. The summed E-state index contributed by atoms with van der Waals surface area (Å²) in [6, 6.07) is 6.40. The van der Waals surface area contributed by atoms with Crippen molar-refractivity contribution in [2.75, 3.05) is 13.9 Å². The zero-order chi connectivity index (χ0) is 32.5. The number of furan rings is 1. The molecule has 1 saturated heterocycles. The van der Waals surface area contributed by atoms with Gasteiger partial charge in [0.15, 0.2) is 17.2 Å². The van der Waals surface area contributed by atoms with E-state index in [1.165, 1.54) is 57.7 Å². The summed E-state index contributed by atoms with van der Waals surface area (Å²) in [6.07, 6.45) is 1.28. The van der Waals surface area contributed by atoms with E-state index in [4.69, 9.17) is 28.1 Å². The molecule has 0 unspecified atom stereocenters. The highest BCUT2D eigenvalue weighted by Crippen LogP contribution is 2.31. The molecule has 45 heavy (non-hydrogen) atoms. The Hall–Kier alpha value is -5.01. The Morgan fingerprint density at radius 1 is 1.13 bits per heavy atom. The molecule has 1 N–H and O–H groups in total. The van der Waals surface area contributed by atoms with Crippen molar-refractivity contribution in [3.63, 3.8) is 0 Å². The van der Waals surface area contributed by atoms with Crippen molar-refractivity contribution in [1.82, 2.24) is 10.3 Å². The highest BCUT2D eigenvalue weighted by Gasteiger charge is 2.38. The van der Waals surface area contributed by atoms with E-state index in [0.717, 1.165) is 12.1 Å². The van der Waals surface area contributed by atoms with Gasteiger partial charge in [-0.05, 0) is 49.9 Å². The first-order valence-electron chi connectivity index (χ1n) is 14.1. The molecule has 2 aromatic heterocycles. The number of amides is 1. The van der Waals surface area contributed by atoms with Crippen LogP contribution in [0.3, 0.4) is 0 Å². The van der Waals surface area contributed by atoms with Crippen LogP contribution in [0.1, 0.15) is 59.7 Å². The van der Waals surface area contributed by atoms with Gasteiger partial charge < -0.3 is 33.4 Å². The third-order valence-electron chi connectivity index (χ3n) is 7.12. The first kappa shape index (κ1) is 32.9. The van der Waals surface area contributed by atoms with E-state index < -0.39 is 66.4 Å². The van der Waals surface area contributed by atoms with Crippen LogP contribution >= 0.6 is 0 Å². The Morgan fingerprint density at radius 3 is 2.62 bits per heavy atom. The number of aromatic nitrogens is 1. The van der Waals surface area contributed by atoms with Gasteiger partial charge in [0.05, 0.1) is 13.4 Å². The summed E-state index contributed by atoms with van der Waals surface area (Å²) in [5.41, 5.74) is -0.0504. The van der Waals surface area contributed by atoms with Crippen molar-refractivity contribution in [3.8, 4) is 11.5 Å². The monoisotopic (exact) mass is 630 g/mol. The predicted molar refractivity (Wildman–Crippen MR) is 150 cm³/mol. The van der Waals surface area contributed by atoms with Crippen LogP contribution in [-0.2, 0) is 30.2 Å². The molecule has 240 valence electrons. The van der Waals surface area contributed by atoms with Crippen molar-refractivity contribution in [2.45, 2.75) is 57.8 Å². The average Bonchev–Trinajstić information content (AvgIpc) is 3.55. The lowest BCUT2D eigenvalue weighted by molar-refractivity contribution is -0.157. The summed E-state index contributed by atoms with van der Waals surface area (Å²) < 4.78 is 60.3. The van der Waals surface area contributed by atoms with Crippen molar-refractivity contribution in [3.05, 3.63) is 77.5 Å². The molecule has 1 aliphatic heterocycles. The highest BCUT2D eigenvalue weighted by molar-refractivity contribution is 5.98. The Kier molecular flexibility index (Phi) is 11.1. The number of ether oxygens (including phenoxy) is 5. The number of cyclic esters (lactones) is 1. The number of methoxy groups -OCH3 is 1. The number of esters is 3. The first-order valence-corrected chi connectivity index (χ1v) is 14.1. The molecule has 14 heteroatoms. The molecule has 3 aromatic rings. The second-order valence-corrected chi connectivity index (χ2v) is 10.2. The van der Waals surface area contributed by atoms with Crippen molar-refractivity contribution in [1.29, 1.82) is 0 Å². The number of hydrogen-bond acceptors (Lipinski definition) is 11. The van der Waals surface area contributed by atoms with Gasteiger partial charge in [-0.1, -0.05) is 12.5 Å². The fraction of sp³-hybridized carbons (Fsp3) is 0.387. The Labute approximate surface area is 256 Å². The van der Waals surface area contributed by atoms with Gasteiger partial charge in [-0.2, -0.15) is 0 Å². The molecular formula is C31H32F2N2O10. The normalized spacial score (nSPS) is 20.1. The Morgan fingerprint density at radius 2 is 1.93 bits per heavy atom. The van der Waals surface area contributed by atoms with Crippen molar-refractivity contribution >= 4 is 23.8 Å². The summed E-state index contributed by atoms with van der Waals surface area (Å²) in [5.74, 6) is -5.17. The van der Waals surface area contributed by atoms with Gasteiger partial charge >= 0.3 is 17.9 Å². The molecule has 4 atom stereocenters. The largest absolute Gasteiger partial charge is 0.493 e. The van der Waals surface area contributed by atoms with E-state index in [-0.39, 0.29) is 41.4 Å². The first-order chi connectivity index (χ1) is 21.6. The molecule has 0 aliphatic carbocycles. The van der Waals surface area contributed by atoms with Gasteiger partial charge in [0.1, 0.15) is 29.9 Å². The van der Waals surface area contributed by atoms with Crippen LogP contribution in [0, 0.1) is 17.6 Å². The molecule has 0 spiro atoms. The minimum absolute atomic E-state index is 0.0396. The van der Waals surface area contributed by atoms with E-state index in [1.54, 1.807) is 0 Å². The molecule has 1 aromatic carbocycles. The molecule has 0 saturated carbocycles. The fourth-order valence-electron chi connectivity index (χ4n) is 4.96. The van der Waals surface area contributed by atoms with Crippen LogP contribution in [0.5, 0.6) is 11.5 Å². The van der Waals surface area contributed by atoms with E-state index >= 15 is 0 Å². The molecule has 0 radical (unpaired) electrons. The lowest BCUT2D eigenvalue weighted by Crippen LogP contribution is -2.45. The van der Waals surface area contributed by atoms with Crippen LogP contribution in [0.4, 0.5) is 8.78 Å². The van der Waals surface area contributed by atoms with E-state index in [2.05, 4.69) is 10.3 Å². The van der Waals surface area contributed by atoms with Crippen LogP contribution in [0.15, 0.2) is 53.3 Å². The van der Waals surface area contributed by atoms with Gasteiger partial charge in [0, 0.05) is 31.2 Å². The van der Waals surface area contributed by atoms with Crippen LogP contribution < -0.4 is 14.8 Å². The summed E-state index contributed by atoms with van der Waals surface area (Å²) in [6.45, 7) is 2.18. The van der Waals surface area contributed by atoms with Crippen molar-refractivity contribution in [2.24, 2.45) is 5.92 Å². The fourth-order valence-corrected chi connectivity index (χ4v) is 4.96. The van der Waals surface area contributed by atoms with Gasteiger partial charge in [0.25, 0.3) is 5.91 Å². The SMILES string of the molecule is COc1ccnc(C(=O)N[C@H]2CCC[C@H](Cc3ccc(F)cc3F)[C@@H](OC(=O)c3ccco3)[C@H](C)OC2=O)c1OCOC(C)=O. The summed E-state index contributed by atoms with van der Waals surface area (Å²) in [5, 5.41) is 2.61. The number of rotatable bonds is 10. The maximum Gasteiger partial charge on any atom is 0.374 e. The molecule has 0 bridgehead atoms. The van der Waals surface area contributed by atoms with Gasteiger partial charge in [-0.25, -0.2) is 23.4 Å². The summed E-state index contributed by atoms with van der Waals surface area (Å²) in [4.78, 5) is 54.8. The summed E-state index contributed by atoms with van der Waals surface area (Å²) >= 11 is 0. The lowest BCUT2D eigenvalue weighted by Gasteiger charge is -2.30. The number of pyridine rings is 1. The third-order valence-corrected chi connectivity index (χ3v) is 7.12. The molecule has 3 heterocycles. The molecule has 12 nitrogen and oxygen atoms in total. The molecule has 1 amide bonds. The number of halogens is 2. The van der Waals surface area contributed by atoms with Crippen molar-refractivity contribution < 1.29 is 56.1 Å². The standard InChI is InChI=1S/C31H32F2N2O10/c1-17-27(45-31(39)25-8-5-13-41-25)20(14-19-9-10-21(32)15-22(19)33)6-4-7-23(30(38)44-17)35-29(37)26-28(43-16-42-18(2)36)24(40-3)11-12-34-26/h5,8-13,15,17,20,23,27H,4,6-7,14,16H2,1-3H3,(H,35,37)/t17-,20+,23-,27-/m0/s1. The van der Waals surface area contributed by atoms with Gasteiger partial charge in [-0.3, -0.25) is 9.59 Å². The Balaban J connectivity index is 1.56. The lowest BCUT2D eigenvalue weighted by atomic mass is 9.86. The van der Waals surface area contributed by atoms with Crippen LogP contribution in [-0.4, -0.2) is 61.0 Å². The van der Waals surface area contributed by atoms with Gasteiger partial charge in [0.2, 0.25) is 12.6 Å². The highest BCUT2D eigenvalue weighted by atomic mass is 19.1.